The van der Waals surface area contributed by atoms with Gasteiger partial charge in [0.15, 0.2) is 0 Å². The van der Waals surface area contributed by atoms with E-state index in [0.717, 1.165) is 12.8 Å². The summed E-state index contributed by atoms with van der Waals surface area (Å²) in [5.41, 5.74) is -0.466. The maximum atomic E-state index is 11.6. The van der Waals surface area contributed by atoms with Crippen LogP contribution in [0, 0.1) is 5.41 Å². The lowest BCUT2D eigenvalue weighted by atomic mass is 9.97. The third kappa shape index (κ3) is 6.50. The van der Waals surface area contributed by atoms with Crippen LogP contribution in [0.2, 0.25) is 0 Å². The molecule has 0 aliphatic heterocycles. The van der Waals surface area contributed by atoms with Gasteiger partial charge in [0.25, 0.3) is 0 Å². The second kappa shape index (κ2) is 6.11. The van der Waals surface area contributed by atoms with Crippen LogP contribution in [0.5, 0.6) is 0 Å². The summed E-state index contributed by atoms with van der Waals surface area (Å²) in [6, 6.07) is 0. The first-order valence-corrected chi connectivity index (χ1v) is 5.64. The van der Waals surface area contributed by atoms with E-state index in [0.29, 0.717) is 0 Å². The van der Waals surface area contributed by atoms with E-state index >= 15 is 0 Å². The van der Waals surface area contributed by atoms with E-state index in [2.05, 4.69) is 0 Å². The third-order valence-corrected chi connectivity index (χ3v) is 1.80. The molecular formula is C12H24O3. The molecule has 1 unspecified atom stereocenters. The Hall–Kier alpha value is -0.570. The summed E-state index contributed by atoms with van der Waals surface area (Å²) >= 11 is 0. The molecule has 0 fully saturated rings. The zero-order valence-corrected chi connectivity index (χ0v) is 10.8. The van der Waals surface area contributed by atoms with Gasteiger partial charge in [-0.1, -0.05) is 13.3 Å². The molecule has 0 aliphatic rings. The Balaban J connectivity index is 4.22. The normalized spacial score (nSPS) is 14.1. The molecular weight excluding hydrogens is 192 g/mol. The summed E-state index contributed by atoms with van der Waals surface area (Å²) in [6.07, 6.45) is 1.37. The lowest BCUT2D eigenvalue weighted by Crippen LogP contribution is -2.31. The lowest BCUT2D eigenvalue weighted by Gasteiger charge is -2.24. The van der Waals surface area contributed by atoms with Crippen LogP contribution in [0.25, 0.3) is 0 Å². The lowest BCUT2D eigenvalue weighted by molar-refractivity contribution is -0.196. The fourth-order valence-corrected chi connectivity index (χ4v) is 0.990. The predicted octanol–water partition coefficient (Wildman–Crippen LogP) is 3.13. The molecule has 0 aromatic carbocycles. The molecule has 0 aromatic rings. The van der Waals surface area contributed by atoms with Crippen LogP contribution < -0.4 is 0 Å². The molecule has 0 heterocycles. The van der Waals surface area contributed by atoms with E-state index in [9.17, 15) is 4.79 Å². The van der Waals surface area contributed by atoms with Gasteiger partial charge >= 0.3 is 5.97 Å². The summed E-state index contributed by atoms with van der Waals surface area (Å²) in [6.45, 7) is 11.4. The van der Waals surface area contributed by atoms with E-state index in [1.807, 2.05) is 41.5 Å². The SMILES string of the molecule is CCCC(OC(=O)C(C)(C)C)OC(C)C. The van der Waals surface area contributed by atoms with E-state index in [1.54, 1.807) is 0 Å². The molecule has 3 nitrogen and oxygen atoms in total. The Morgan fingerprint density at radius 3 is 2.13 bits per heavy atom. The van der Waals surface area contributed by atoms with Crippen molar-refractivity contribution in [2.24, 2.45) is 5.41 Å². The average Bonchev–Trinajstić information content (AvgIpc) is 2.01. The molecule has 0 aliphatic carbocycles. The number of hydrogen-bond donors (Lipinski definition) is 0. The zero-order chi connectivity index (χ0) is 12.1. The molecule has 0 aromatic heterocycles. The highest BCUT2D eigenvalue weighted by Gasteiger charge is 2.26. The van der Waals surface area contributed by atoms with Crippen LogP contribution in [0.1, 0.15) is 54.4 Å². The number of carbonyl (C=O) groups excluding carboxylic acids is 1. The Morgan fingerprint density at radius 1 is 1.27 bits per heavy atom. The van der Waals surface area contributed by atoms with Crippen molar-refractivity contribution in [3.63, 3.8) is 0 Å². The van der Waals surface area contributed by atoms with E-state index in [1.165, 1.54) is 0 Å². The molecule has 15 heavy (non-hydrogen) atoms. The fraction of sp³-hybridized carbons (Fsp3) is 0.917. The molecule has 0 amide bonds. The van der Waals surface area contributed by atoms with Gasteiger partial charge in [-0.2, -0.15) is 0 Å². The second-order valence-electron chi connectivity index (χ2n) is 5.06. The fourth-order valence-electron chi connectivity index (χ4n) is 0.990. The minimum atomic E-state index is -0.466. The average molecular weight is 216 g/mol. The molecule has 3 heteroatoms. The Kier molecular flexibility index (Phi) is 5.88. The molecule has 0 radical (unpaired) electrons. The Bertz CT molecular complexity index is 192. The van der Waals surface area contributed by atoms with Crippen LogP contribution in [-0.2, 0) is 14.3 Å². The predicted molar refractivity (Wildman–Crippen MR) is 60.5 cm³/mol. The largest absolute Gasteiger partial charge is 0.435 e. The molecule has 0 saturated carbocycles. The molecule has 0 saturated heterocycles. The third-order valence-electron chi connectivity index (χ3n) is 1.80. The van der Waals surface area contributed by atoms with Gasteiger partial charge in [0.1, 0.15) is 0 Å². The monoisotopic (exact) mass is 216 g/mol. The van der Waals surface area contributed by atoms with Gasteiger partial charge in [0, 0.05) is 6.42 Å². The first-order valence-electron chi connectivity index (χ1n) is 5.64. The van der Waals surface area contributed by atoms with Gasteiger partial charge in [-0.15, -0.1) is 0 Å². The van der Waals surface area contributed by atoms with Gasteiger partial charge in [-0.3, -0.25) is 4.79 Å². The van der Waals surface area contributed by atoms with Crippen molar-refractivity contribution >= 4 is 5.97 Å². The van der Waals surface area contributed by atoms with Gasteiger partial charge in [0.2, 0.25) is 6.29 Å². The summed E-state index contributed by atoms with van der Waals surface area (Å²) < 4.78 is 10.8. The summed E-state index contributed by atoms with van der Waals surface area (Å²) in [4.78, 5) is 11.6. The minimum Gasteiger partial charge on any atom is -0.435 e. The summed E-state index contributed by atoms with van der Waals surface area (Å²) in [5, 5.41) is 0. The highest BCUT2D eigenvalue weighted by molar-refractivity contribution is 5.75. The van der Waals surface area contributed by atoms with E-state index in [4.69, 9.17) is 9.47 Å². The van der Waals surface area contributed by atoms with E-state index in [-0.39, 0.29) is 12.1 Å². The van der Waals surface area contributed by atoms with E-state index < -0.39 is 11.7 Å². The first kappa shape index (κ1) is 14.4. The Labute approximate surface area is 93.1 Å². The van der Waals surface area contributed by atoms with Gasteiger partial charge in [-0.25, -0.2) is 0 Å². The number of ether oxygens (including phenoxy) is 2. The highest BCUT2D eigenvalue weighted by atomic mass is 16.7. The van der Waals surface area contributed by atoms with Gasteiger partial charge in [-0.05, 0) is 34.6 Å². The number of esters is 1. The quantitative estimate of drug-likeness (QED) is 0.523. The van der Waals surface area contributed by atoms with Gasteiger partial charge < -0.3 is 9.47 Å². The first-order chi connectivity index (χ1) is 6.77. The van der Waals surface area contributed by atoms with Crippen LogP contribution >= 0.6 is 0 Å². The Morgan fingerprint density at radius 2 is 1.80 bits per heavy atom. The molecule has 90 valence electrons. The number of hydrogen-bond acceptors (Lipinski definition) is 3. The van der Waals surface area contributed by atoms with Crippen LogP contribution in [0.15, 0.2) is 0 Å². The molecule has 0 bridgehead atoms. The van der Waals surface area contributed by atoms with Crippen molar-refractivity contribution in [3.05, 3.63) is 0 Å². The van der Waals surface area contributed by atoms with Crippen LogP contribution in [0.4, 0.5) is 0 Å². The zero-order valence-electron chi connectivity index (χ0n) is 10.8. The van der Waals surface area contributed by atoms with Crippen molar-refractivity contribution < 1.29 is 14.3 Å². The smallest absolute Gasteiger partial charge is 0.313 e. The standard InChI is InChI=1S/C12H24O3/c1-7-8-10(14-9(2)3)15-11(13)12(4,5)6/h9-10H,7-8H2,1-6H3. The topological polar surface area (TPSA) is 35.5 Å². The maximum absolute atomic E-state index is 11.6. The van der Waals surface area contributed by atoms with Gasteiger partial charge in [0.05, 0.1) is 11.5 Å². The molecule has 1 atom stereocenters. The van der Waals surface area contributed by atoms with Crippen molar-refractivity contribution in [2.75, 3.05) is 0 Å². The molecule has 0 spiro atoms. The van der Waals surface area contributed by atoms with Crippen molar-refractivity contribution in [2.45, 2.75) is 66.8 Å². The molecule has 0 rings (SSSR count). The number of rotatable bonds is 5. The molecule has 0 N–H and O–H groups in total. The minimum absolute atomic E-state index is 0.0781. The second-order valence-corrected chi connectivity index (χ2v) is 5.06. The van der Waals surface area contributed by atoms with Crippen molar-refractivity contribution in [1.82, 2.24) is 0 Å². The summed E-state index contributed by atoms with van der Waals surface area (Å²) in [7, 11) is 0. The summed E-state index contributed by atoms with van der Waals surface area (Å²) in [5.74, 6) is -0.207. The van der Waals surface area contributed by atoms with Crippen molar-refractivity contribution in [3.8, 4) is 0 Å². The number of carbonyl (C=O) groups is 1. The highest BCUT2D eigenvalue weighted by Crippen LogP contribution is 2.18. The maximum Gasteiger partial charge on any atom is 0.313 e. The van der Waals surface area contributed by atoms with Crippen LogP contribution in [-0.4, -0.2) is 18.4 Å². The van der Waals surface area contributed by atoms with Crippen molar-refractivity contribution in [1.29, 1.82) is 0 Å². The van der Waals surface area contributed by atoms with Crippen LogP contribution in [0.3, 0.4) is 0 Å².